The number of sulfonamides is 1. The molecule has 2 aliphatic rings. The lowest BCUT2D eigenvalue weighted by atomic mass is 9.97. The molecule has 0 unspecified atom stereocenters. The number of nitrogens with zero attached hydrogens (tertiary/aromatic N) is 1. The fourth-order valence-corrected chi connectivity index (χ4v) is 5.38. The van der Waals surface area contributed by atoms with Crippen molar-refractivity contribution < 1.29 is 22.3 Å². The lowest BCUT2D eigenvalue weighted by Crippen LogP contribution is -2.44. The van der Waals surface area contributed by atoms with Gasteiger partial charge in [0.25, 0.3) is 0 Å². The van der Waals surface area contributed by atoms with Crippen molar-refractivity contribution in [2.24, 2.45) is 5.92 Å². The van der Waals surface area contributed by atoms with Gasteiger partial charge in [-0.15, -0.1) is 0 Å². The minimum Gasteiger partial charge on any atom is -0.495 e. The molecular weight excluding hydrogens is 359 g/mol. The zero-order valence-corrected chi connectivity index (χ0v) is 15.7. The van der Waals surface area contributed by atoms with Gasteiger partial charge in [0.1, 0.15) is 16.5 Å². The highest BCUT2D eigenvalue weighted by molar-refractivity contribution is 7.89. The maximum absolute atomic E-state index is 13.6. The number of ether oxygens (including phenoxy) is 1. The number of halogens is 1. The summed E-state index contributed by atoms with van der Waals surface area (Å²) in [7, 11) is -2.51. The molecule has 1 amide bonds. The van der Waals surface area contributed by atoms with Crippen molar-refractivity contribution in [1.29, 1.82) is 0 Å². The largest absolute Gasteiger partial charge is 0.495 e. The Bertz CT molecular complexity index is 754. The van der Waals surface area contributed by atoms with Gasteiger partial charge in [0.15, 0.2) is 0 Å². The van der Waals surface area contributed by atoms with Crippen molar-refractivity contribution >= 4 is 15.9 Å². The minimum atomic E-state index is -3.86. The van der Waals surface area contributed by atoms with E-state index in [0.29, 0.717) is 12.8 Å². The molecule has 1 saturated carbocycles. The molecule has 1 aliphatic carbocycles. The molecule has 26 heavy (non-hydrogen) atoms. The first kappa shape index (κ1) is 19.1. The van der Waals surface area contributed by atoms with Crippen LogP contribution in [0.1, 0.15) is 38.5 Å². The first-order valence-electron chi connectivity index (χ1n) is 9.06. The molecule has 2 fully saturated rings. The Morgan fingerprint density at radius 3 is 2.46 bits per heavy atom. The molecule has 0 atom stereocenters. The van der Waals surface area contributed by atoms with Crippen molar-refractivity contribution in [3.05, 3.63) is 24.0 Å². The summed E-state index contributed by atoms with van der Waals surface area (Å²) >= 11 is 0. The van der Waals surface area contributed by atoms with Crippen LogP contribution in [0.2, 0.25) is 0 Å². The Labute approximate surface area is 153 Å². The van der Waals surface area contributed by atoms with Crippen molar-refractivity contribution in [2.75, 3.05) is 20.2 Å². The third kappa shape index (κ3) is 4.01. The SMILES string of the molecule is COc1ccc(F)cc1S(=O)(=O)N1CCC(C(=O)NC2CCCC2)CC1. The fraction of sp³-hybridized carbons (Fsp3) is 0.611. The topological polar surface area (TPSA) is 75.7 Å². The lowest BCUT2D eigenvalue weighted by Gasteiger charge is -2.31. The van der Waals surface area contributed by atoms with Gasteiger partial charge in [0, 0.05) is 25.0 Å². The Morgan fingerprint density at radius 1 is 1.19 bits per heavy atom. The molecule has 1 aliphatic heterocycles. The molecule has 0 spiro atoms. The van der Waals surface area contributed by atoms with E-state index in [2.05, 4.69) is 5.32 Å². The quantitative estimate of drug-likeness (QED) is 0.845. The monoisotopic (exact) mass is 384 g/mol. The number of rotatable bonds is 5. The smallest absolute Gasteiger partial charge is 0.246 e. The number of nitrogens with one attached hydrogen (secondary N) is 1. The van der Waals surface area contributed by atoms with Crippen LogP contribution in [0.5, 0.6) is 5.75 Å². The maximum Gasteiger partial charge on any atom is 0.246 e. The molecule has 1 heterocycles. The second-order valence-electron chi connectivity index (χ2n) is 6.96. The molecule has 1 saturated heterocycles. The first-order chi connectivity index (χ1) is 12.4. The van der Waals surface area contributed by atoms with E-state index in [-0.39, 0.29) is 41.6 Å². The van der Waals surface area contributed by atoms with Crippen molar-refractivity contribution in [2.45, 2.75) is 49.5 Å². The number of hydrogen-bond donors (Lipinski definition) is 1. The van der Waals surface area contributed by atoms with E-state index < -0.39 is 15.8 Å². The van der Waals surface area contributed by atoms with Crippen LogP contribution in [0.4, 0.5) is 4.39 Å². The second kappa shape index (κ2) is 7.92. The highest BCUT2D eigenvalue weighted by Crippen LogP contribution is 2.30. The van der Waals surface area contributed by atoms with Gasteiger partial charge in [-0.3, -0.25) is 4.79 Å². The van der Waals surface area contributed by atoms with Crippen LogP contribution in [-0.4, -0.2) is 44.9 Å². The van der Waals surface area contributed by atoms with Gasteiger partial charge in [-0.05, 0) is 43.9 Å². The van der Waals surface area contributed by atoms with Gasteiger partial charge in [-0.2, -0.15) is 4.31 Å². The minimum absolute atomic E-state index is 0.0253. The van der Waals surface area contributed by atoms with E-state index in [1.165, 1.54) is 17.5 Å². The standard InChI is InChI=1S/C18H25FN2O4S/c1-25-16-7-6-14(19)12-17(16)26(23,24)21-10-8-13(9-11-21)18(22)20-15-4-2-3-5-15/h6-7,12-13,15H,2-5,8-11H2,1H3,(H,20,22). The fourth-order valence-electron chi connectivity index (χ4n) is 3.74. The Morgan fingerprint density at radius 2 is 1.85 bits per heavy atom. The average molecular weight is 384 g/mol. The number of amides is 1. The summed E-state index contributed by atoms with van der Waals surface area (Å²) in [4.78, 5) is 12.2. The third-order valence-corrected chi connectivity index (χ3v) is 7.19. The van der Waals surface area contributed by atoms with Crippen LogP contribution >= 0.6 is 0 Å². The van der Waals surface area contributed by atoms with Crippen LogP contribution in [0, 0.1) is 11.7 Å². The number of hydrogen-bond acceptors (Lipinski definition) is 4. The predicted molar refractivity (Wildman–Crippen MR) is 94.8 cm³/mol. The van der Waals surface area contributed by atoms with Crippen LogP contribution in [0.15, 0.2) is 23.1 Å². The van der Waals surface area contributed by atoms with Gasteiger partial charge in [-0.25, -0.2) is 12.8 Å². The van der Waals surface area contributed by atoms with Gasteiger partial charge < -0.3 is 10.1 Å². The predicted octanol–water partition coefficient (Wildman–Crippen LogP) is 2.29. The Balaban J connectivity index is 1.65. The van der Waals surface area contributed by atoms with E-state index in [1.54, 1.807) is 0 Å². The van der Waals surface area contributed by atoms with E-state index >= 15 is 0 Å². The lowest BCUT2D eigenvalue weighted by molar-refractivity contribution is -0.126. The molecular formula is C18H25FN2O4S. The summed E-state index contributed by atoms with van der Waals surface area (Å²) in [5, 5.41) is 3.08. The van der Waals surface area contributed by atoms with E-state index in [4.69, 9.17) is 4.74 Å². The number of methoxy groups -OCH3 is 1. The van der Waals surface area contributed by atoms with E-state index in [0.717, 1.165) is 37.8 Å². The third-order valence-electron chi connectivity index (χ3n) is 5.27. The highest BCUT2D eigenvalue weighted by atomic mass is 32.2. The maximum atomic E-state index is 13.6. The van der Waals surface area contributed by atoms with Gasteiger partial charge in [-0.1, -0.05) is 12.8 Å². The summed E-state index contributed by atoms with van der Waals surface area (Å²) in [6.45, 7) is 0.482. The van der Waals surface area contributed by atoms with Gasteiger partial charge in [0.2, 0.25) is 15.9 Å². The second-order valence-corrected chi connectivity index (χ2v) is 8.87. The van der Waals surface area contributed by atoms with E-state index in [9.17, 15) is 17.6 Å². The van der Waals surface area contributed by atoms with Crippen molar-refractivity contribution in [3.8, 4) is 5.75 Å². The molecule has 1 N–H and O–H groups in total. The normalized spacial score (nSPS) is 20.2. The Hall–Kier alpha value is -1.67. The number of carbonyl (C=O) groups excluding carboxylic acids is 1. The molecule has 3 rings (SSSR count). The first-order valence-corrected chi connectivity index (χ1v) is 10.5. The summed E-state index contributed by atoms with van der Waals surface area (Å²) in [6.07, 6.45) is 5.29. The van der Waals surface area contributed by atoms with Crippen molar-refractivity contribution in [1.82, 2.24) is 9.62 Å². The van der Waals surface area contributed by atoms with Crippen LogP contribution < -0.4 is 10.1 Å². The molecule has 144 valence electrons. The van der Waals surface area contributed by atoms with E-state index in [1.807, 2.05) is 0 Å². The zero-order valence-electron chi connectivity index (χ0n) is 14.9. The zero-order chi connectivity index (χ0) is 18.7. The molecule has 6 nitrogen and oxygen atoms in total. The number of carbonyl (C=O) groups is 1. The van der Waals surface area contributed by atoms with Gasteiger partial charge in [0.05, 0.1) is 7.11 Å². The summed E-state index contributed by atoms with van der Waals surface area (Å²) in [6, 6.07) is 3.72. The molecule has 0 radical (unpaired) electrons. The van der Waals surface area contributed by atoms with Crippen LogP contribution in [-0.2, 0) is 14.8 Å². The summed E-state index contributed by atoms with van der Waals surface area (Å²) < 4.78 is 45.6. The van der Waals surface area contributed by atoms with Crippen LogP contribution in [0.3, 0.4) is 0 Å². The molecule has 0 bridgehead atoms. The molecule has 1 aromatic carbocycles. The number of benzene rings is 1. The van der Waals surface area contributed by atoms with Gasteiger partial charge >= 0.3 is 0 Å². The summed E-state index contributed by atoms with van der Waals surface area (Å²) in [5.74, 6) is -0.656. The molecule has 0 aromatic heterocycles. The van der Waals surface area contributed by atoms with Crippen molar-refractivity contribution in [3.63, 3.8) is 0 Å². The molecule has 1 aromatic rings. The highest BCUT2D eigenvalue weighted by Gasteiger charge is 2.34. The number of piperidine rings is 1. The summed E-state index contributed by atoms with van der Waals surface area (Å²) in [5.41, 5.74) is 0. The van der Waals surface area contributed by atoms with Crippen LogP contribution in [0.25, 0.3) is 0 Å². The molecule has 8 heteroatoms. The Kier molecular flexibility index (Phi) is 5.82. The average Bonchev–Trinajstić information content (AvgIpc) is 3.14.